The number of anilines is 3. The third kappa shape index (κ3) is 3.96. The summed E-state index contributed by atoms with van der Waals surface area (Å²) in [7, 11) is 3.59. The Kier molecular flexibility index (Phi) is 6.11. The Labute approximate surface area is 210 Å². The number of amides is 2. The molecule has 10 heteroatoms. The number of nitrogens with zero attached hydrogens (tertiary/aromatic N) is 7. The molecule has 36 heavy (non-hydrogen) atoms. The second-order valence-electron chi connectivity index (χ2n) is 9.44. The minimum Gasteiger partial charge on any atom is -0.494 e. The number of pyridine rings is 1. The Balaban J connectivity index is 1.61. The molecule has 0 spiro atoms. The Hall–Kier alpha value is -3.95. The highest BCUT2D eigenvalue weighted by Crippen LogP contribution is 2.39. The van der Waals surface area contributed by atoms with Gasteiger partial charge in [-0.2, -0.15) is 4.98 Å². The second-order valence-corrected chi connectivity index (χ2v) is 9.44. The molecular weight excluding hydrogens is 458 g/mol. The van der Waals surface area contributed by atoms with E-state index in [-0.39, 0.29) is 17.9 Å². The fourth-order valence-electron chi connectivity index (χ4n) is 4.92. The molecule has 2 aliphatic heterocycles. The SMILES string of the molecule is COc1ccc(N(C)c2nc(N3CCN(C(C)=O)CC3)nc3c2CN(C(C)C)C3=O)c2cccnc12. The van der Waals surface area contributed by atoms with E-state index in [4.69, 9.17) is 14.7 Å². The number of carbonyl (C=O) groups is 2. The van der Waals surface area contributed by atoms with E-state index in [1.165, 1.54) is 0 Å². The molecule has 0 bridgehead atoms. The fourth-order valence-corrected chi connectivity index (χ4v) is 4.92. The van der Waals surface area contributed by atoms with Crippen molar-refractivity contribution in [2.24, 2.45) is 0 Å². The van der Waals surface area contributed by atoms with Crippen molar-refractivity contribution in [2.75, 3.05) is 50.1 Å². The van der Waals surface area contributed by atoms with E-state index in [0.717, 1.165) is 22.2 Å². The van der Waals surface area contributed by atoms with Gasteiger partial charge in [0.1, 0.15) is 22.8 Å². The van der Waals surface area contributed by atoms with Crippen molar-refractivity contribution in [3.63, 3.8) is 0 Å². The predicted molar refractivity (Wildman–Crippen MR) is 138 cm³/mol. The molecule has 2 aromatic heterocycles. The quantitative estimate of drug-likeness (QED) is 0.540. The van der Waals surface area contributed by atoms with Crippen molar-refractivity contribution in [1.29, 1.82) is 0 Å². The molecule has 4 heterocycles. The smallest absolute Gasteiger partial charge is 0.273 e. The zero-order valence-corrected chi connectivity index (χ0v) is 21.4. The highest BCUT2D eigenvalue weighted by atomic mass is 16.5. The Morgan fingerprint density at radius 3 is 2.53 bits per heavy atom. The van der Waals surface area contributed by atoms with Gasteiger partial charge in [0.2, 0.25) is 11.9 Å². The van der Waals surface area contributed by atoms with E-state index in [9.17, 15) is 9.59 Å². The highest BCUT2D eigenvalue weighted by molar-refractivity contribution is 6.01. The van der Waals surface area contributed by atoms with E-state index in [2.05, 4.69) is 9.88 Å². The van der Waals surface area contributed by atoms with Crippen molar-refractivity contribution in [1.82, 2.24) is 24.8 Å². The zero-order valence-electron chi connectivity index (χ0n) is 21.4. The molecular formula is C26H31N7O3. The van der Waals surface area contributed by atoms with Crippen LogP contribution in [0.2, 0.25) is 0 Å². The monoisotopic (exact) mass is 489 g/mol. The predicted octanol–water partition coefficient (Wildman–Crippen LogP) is 2.83. The van der Waals surface area contributed by atoms with Crippen LogP contribution in [0.25, 0.3) is 10.9 Å². The van der Waals surface area contributed by atoms with Gasteiger partial charge in [0.15, 0.2) is 0 Å². The molecule has 1 aromatic carbocycles. The average Bonchev–Trinajstić information content (AvgIpc) is 3.23. The standard InChI is InChI=1S/C26H31N7O3/c1-16(2)33-15-19-23(25(33)35)28-26(32-13-11-31(12-14-32)17(3)34)29-24(19)30(4)20-8-9-21(36-5)22-18(20)7-6-10-27-22/h6-10,16H,11-15H2,1-5H3. The van der Waals surface area contributed by atoms with E-state index in [1.807, 2.05) is 59.9 Å². The van der Waals surface area contributed by atoms with Gasteiger partial charge in [-0.15, -0.1) is 0 Å². The molecule has 0 saturated carbocycles. The number of ether oxygens (including phenoxy) is 1. The topological polar surface area (TPSA) is 95.0 Å². The van der Waals surface area contributed by atoms with E-state index >= 15 is 0 Å². The Morgan fingerprint density at radius 1 is 1.11 bits per heavy atom. The van der Waals surface area contributed by atoms with Crippen molar-refractivity contribution in [2.45, 2.75) is 33.4 Å². The van der Waals surface area contributed by atoms with Gasteiger partial charge >= 0.3 is 0 Å². The van der Waals surface area contributed by atoms with Crippen LogP contribution in [-0.2, 0) is 11.3 Å². The number of hydrogen-bond acceptors (Lipinski definition) is 8. The number of rotatable bonds is 5. The molecule has 0 radical (unpaired) electrons. The molecule has 0 unspecified atom stereocenters. The lowest BCUT2D eigenvalue weighted by atomic mass is 10.1. The number of aromatic nitrogens is 3. The summed E-state index contributed by atoms with van der Waals surface area (Å²) < 4.78 is 5.53. The van der Waals surface area contributed by atoms with Gasteiger partial charge in [0, 0.05) is 63.3 Å². The van der Waals surface area contributed by atoms with Crippen LogP contribution >= 0.6 is 0 Å². The molecule has 2 amide bonds. The second kappa shape index (κ2) is 9.25. The van der Waals surface area contributed by atoms with Gasteiger partial charge in [-0.05, 0) is 38.1 Å². The third-order valence-corrected chi connectivity index (χ3v) is 7.01. The number of benzene rings is 1. The summed E-state index contributed by atoms with van der Waals surface area (Å²) in [6.07, 6.45) is 1.75. The van der Waals surface area contributed by atoms with Crippen LogP contribution in [0.1, 0.15) is 36.8 Å². The minimum atomic E-state index is -0.0815. The van der Waals surface area contributed by atoms with E-state index in [0.29, 0.717) is 55.9 Å². The Bertz CT molecular complexity index is 1330. The van der Waals surface area contributed by atoms with E-state index < -0.39 is 0 Å². The van der Waals surface area contributed by atoms with Crippen LogP contribution in [0.3, 0.4) is 0 Å². The summed E-state index contributed by atoms with van der Waals surface area (Å²) in [5, 5.41) is 0.924. The number of fused-ring (bicyclic) bond motifs is 2. The van der Waals surface area contributed by atoms with Crippen LogP contribution in [0.5, 0.6) is 5.75 Å². The summed E-state index contributed by atoms with van der Waals surface area (Å²) in [4.78, 5) is 47.1. The summed E-state index contributed by atoms with van der Waals surface area (Å²) in [5.41, 5.74) is 2.92. The molecule has 2 aliphatic rings. The van der Waals surface area contributed by atoms with Crippen LogP contribution in [0, 0.1) is 0 Å². The van der Waals surface area contributed by atoms with Crippen molar-refractivity contribution in [3.8, 4) is 5.75 Å². The van der Waals surface area contributed by atoms with Gasteiger partial charge < -0.3 is 24.3 Å². The molecule has 0 atom stereocenters. The van der Waals surface area contributed by atoms with Gasteiger partial charge in [0.05, 0.1) is 19.3 Å². The molecule has 3 aromatic rings. The molecule has 5 rings (SSSR count). The molecule has 0 N–H and O–H groups in total. The lowest BCUT2D eigenvalue weighted by Gasteiger charge is -2.34. The fraction of sp³-hybridized carbons (Fsp3) is 0.423. The minimum absolute atomic E-state index is 0.0402. The molecule has 188 valence electrons. The normalized spacial score (nSPS) is 15.6. The lowest BCUT2D eigenvalue weighted by Crippen LogP contribution is -2.48. The molecule has 1 saturated heterocycles. The number of methoxy groups -OCH3 is 1. The Morgan fingerprint density at radius 2 is 1.86 bits per heavy atom. The zero-order chi connectivity index (χ0) is 25.6. The highest BCUT2D eigenvalue weighted by Gasteiger charge is 2.36. The average molecular weight is 490 g/mol. The van der Waals surface area contributed by atoms with Crippen molar-refractivity contribution < 1.29 is 14.3 Å². The molecule has 0 aliphatic carbocycles. The number of hydrogen-bond donors (Lipinski definition) is 0. The van der Waals surface area contributed by atoms with Gasteiger partial charge in [0.25, 0.3) is 5.91 Å². The van der Waals surface area contributed by atoms with Crippen molar-refractivity contribution in [3.05, 3.63) is 41.7 Å². The van der Waals surface area contributed by atoms with Crippen LogP contribution < -0.4 is 14.5 Å². The lowest BCUT2D eigenvalue weighted by molar-refractivity contribution is -0.129. The summed E-state index contributed by atoms with van der Waals surface area (Å²) in [5.74, 6) is 1.87. The first-order valence-corrected chi connectivity index (χ1v) is 12.2. The van der Waals surface area contributed by atoms with Crippen LogP contribution in [-0.4, -0.2) is 82.9 Å². The molecule has 10 nitrogen and oxygen atoms in total. The van der Waals surface area contributed by atoms with Crippen molar-refractivity contribution >= 4 is 40.2 Å². The number of piperazine rings is 1. The first-order valence-electron chi connectivity index (χ1n) is 12.2. The number of carbonyl (C=O) groups excluding carboxylic acids is 2. The summed E-state index contributed by atoms with van der Waals surface area (Å²) in [6.45, 7) is 8.47. The maximum atomic E-state index is 13.3. The summed E-state index contributed by atoms with van der Waals surface area (Å²) in [6, 6.07) is 7.83. The first kappa shape index (κ1) is 23.8. The van der Waals surface area contributed by atoms with Gasteiger partial charge in [-0.1, -0.05) is 0 Å². The van der Waals surface area contributed by atoms with E-state index in [1.54, 1.807) is 20.2 Å². The summed E-state index contributed by atoms with van der Waals surface area (Å²) >= 11 is 0. The van der Waals surface area contributed by atoms with Crippen LogP contribution in [0.15, 0.2) is 30.5 Å². The largest absolute Gasteiger partial charge is 0.494 e. The van der Waals surface area contributed by atoms with Crippen LogP contribution in [0.4, 0.5) is 17.5 Å². The third-order valence-electron chi connectivity index (χ3n) is 7.01. The first-order chi connectivity index (χ1) is 17.3. The maximum absolute atomic E-state index is 13.3. The molecule has 1 fully saturated rings. The van der Waals surface area contributed by atoms with Gasteiger partial charge in [-0.25, -0.2) is 4.98 Å². The van der Waals surface area contributed by atoms with Gasteiger partial charge in [-0.3, -0.25) is 14.6 Å². The maximum Gasteiger partial charge on any atom is 0.273 e.